The van der Waals surface area contributed by atoms with Crippen molar-refractivity contribution in [1.82, 2.24) is 14.6 Å². The topological polar surface area (TPSA) is 93.5 Å². The van der Waals surface area contributed by atoms with Crippen molar-refractivity contribution in [3.63, 3.8) is 0 Å². The van der Waals surface area contributed by atoms with Crippen molar-refractivity contribution in [1.29, 1.82) is 0 Å². The molecule has 2 aliphatic rings. The van der Waals surface area contributed by atoms with Gasteiger partial charge in [0.15, 0.2) is 5.65 Å². The number of hydrogen-bond donors (Lipinski definition) is 2. The van der Waals surface area contributed by atoms with Crippen LogP contribution in [-0.2, 0) is 11.2 Å². The van der Waals surface area contributed by atoms with Gasteiger partial charge in [-0.15, -0.1) is 11.3 Å². The molecular formula is C24H25BrN4O2S. The lowest BCUT2D eigenvalue weighted by molar-refractivity contribution is -0.142. The lowest BCUT2D eigenvalue weighted by atomic mass is 9.80. The summed E-state index contributed by atoms with van der Waals surface area (Å²) in [6.07, 6.45) is 11.4. The summed E-state index contributed by atoms with van der Waals surface area (Å²) in [5.74, 6) is -0.237. The molecule has 0 aromatic carbocycles. The Morgan fingerprint density at radius 1 is 1.38 bits per heavy atom. The lowest BCUT2D eigenvalue weighted by Crippen LogP contribution is -2.21. The number of nitrogens with zero attached hydrogens (tertiary/aromatic N) is 3. The summed E-state index contributed by atoms with van der Waals surface area (Å²) in [5.41, 5.74) is 12.9. The molecule has 0 aliphatic heterocycles. The van der Waals surface area contributed by atoms with E-state index in [0.29, 0.717) is 18.7 Å². The molecule has 32 heavy (non-hydrogen) atoms. The molecular weight excluding hydrogens is 488 g/mol. The van der Waals surface area contributed by atoms with Crippen LogP contribution in [0.5, 0.6) is 0 Å². The molecule has 1 fully saturated rings. The minimum absolute atomic E-state index is 0.189. The SMILES string of the molecule is CC(=Cc1ccsc1CC1=CC1)c1cnn2c(N)c(Br)c(C3CCC(C(=O)O)CC3)nc12. The van der Waals surface area contributed by atoms with Crippen LogP contribution < -0.4 is 5.73 Å². The molecule has 0 unspecified atom stereocenters. The molecule has 3 N–H and O–H groups in total. The van der Waals surface area contributed by atoms with Crippen molar-refractivity contribution in [3.05, 3.63) is 55.5 Å². The number of halogens is 1. The van der Waals surface area contributed by atoms with E-state index in [0.717, 1.165) is 52.6 Å². The highest BCUT2D eigenvalue weighted by Gasteiger charge is 2.30. The molecule has 3 aromatic heterocycles. The molecule has 8 heteroatoms. The van der Waals surface area contributed by atoms with Crippen LogP contribution in [0.1, 0.15) is 66.6 Å². The summed E-state index contributed by atoms with van der Waals surface area (Å²) in [5, 5.41) is 16.0. The van der Waals surface area contributed by atoms with E-state index in [1.165, 1.54) is 16.0 Å². The molecule has 3 aromatic rings. The van der Waals surface area contributed by atoms with Crippen LogP contribution >= 0.6 is 27.3 Å². The zero-order chi connectivity index (χ0) is 22.4. The number of carboxylic acids is 1. The number of aromatic nitrogens is 3. The van der Waals surface area contributed by atoms with Crippen LogP contribution in [0.3, 0.4) is 0 Å². The van der Waals surface area contributed by atoms with Gasteiger partial charge in [-0.3, -0.25) is 4.79 Å². The number of anilines is 1. The standard InChI is InChI=1S/C24H25BrN4O2S/c1-13(10-17-8-9-32-19(17)11-14-2-3-14)18-12-27-29-22(26)20(25)21(28-23(18)29)15-4-6-16(7-5-15)24(30)31/h2,8-10,12,15-16H,3-7,11,26H2,1H3,(H,30,31). The Morgan fingerprint density at radius 3 is 2.81 bits per heavy atom. The largest absolute Gasteiger partial charge is 0.481 e. The molecule has 3 heterocycles. The second-order valence-corrected chi connectivity index (χ2v) is 10.5. The van der Waals surface area contributed by atoms with Crippen molar-refractivity contribution < 1.29 is 9.90 Å². The van der Waals surface area contributed by atoms with Crippen molar-refractivity contribution in [2.75, 3.05) is 5.73 Å². The van der Waals surface area contributed by atoms with Crippen molar-refractivity contribution in [2.24, 2.45) is 5.92 Å². The van der Waals surface area contributed by atoms with Gasteiger partial charge in [0.1, 0.15) is 5.82 Å². The fourth-order valence-electron chi connectivity index (χ4n) is 4.53. The Labute approximate surface area is 199 Å². The predicted octanol–water partition coefficient (Wildman–Crippen LogP) is 5.93. The number of allylic oxidation sites excluding steroid dienone is 3. The van der Waals surface area contributed by atoms with E-state index in [2.05, 4.69) is 51.6 Å². The second-order valence-electron chi connectivity index (χ2n) is 8.75. The average molecular weight is 513 g/mol. The van der Waals surface area contributed by atoms with E-state index in [4.69, 9.17) is 10.7 Å². The minimum atomic E-state index is -0.699. The predicted molar refractivity (Wildman–Crippen MR) is 132 cm³/mol. The molecule has 0 atom stereocenters. The third-order valence-electron chi connectivity index (χ3n) is 6.57. The van der Waals surface area contributed by atoms with Gasteiger partial charge in [0.05, 0.1) is 22.3 Å². The van der Waals surface area contributed by atoms with E-state index >= 15 is 0 Å². The highest BCUT2D eigenvalue weighted by molar-refractivity contribution is 9.10. The second kappa shape index (κ2) is 8.48. The first-order valence-corrected chi connectivity index (χ1v) is 12.6. The van der Waals surface area contributed by atoms with Gasteiger partial charge in [-0.2, -0.15) is 9.61 Å². The molecule has 0 amide bonds. The number of carboxylic acid groups (broad SMARTS) is 1. The maximum absolute atomic E-state index is 11.3. The first-order valence-electron chi connectivity index (χ1n) is 10.9. The van der Waals surface area contributed by atoms with Crippen LogP contribution in [0.2, 0.25) is 0 Å². The number of hydrogen-bond acceptors (Lipinski definition) is 5. The van der Waals surface area contributed by atoms with Crippen molar-refractivity contribution in [3.8, 4) is 0 Å². The summed E-state index contributed by atoms with van der Waals surface area (Å²) in [7, 11) is 0. The van der Waals surface area contributed by atoms with Crippen LogP contribution in [0, 0.1) is 5.92 Å². The zero-order valence-corrected chi connectivity index (χ0v) is 20.2. The number of fused-ring (bicyclic) bond motifs is 1. The van der Waals surface area contributed by atoms with Gasteiger partial charge < -0.3 is 10.8 Å². The molecule has 1 saturated carbocycles. The fraction of sp³-hybridized carbons (Fsp3) is 0.375. The average Bonchev–Trinajstić information content (AvgIpc) is 3.33. The third kappa shape index (κ3) is 4.01. The summed E-state index contributed by atoms with van der Waals surface area (Å²) >= 11 is 5.43. The van der Waals surface area contributed by atoms with E-state index in [9.17, 15) is 9.90 Å². The Kier molecular flexibility index (Phi) is 5.67. The fourth-order valence-corrected chi connectivity index (χ4v) is 6.02. The van der Waals surface area contributed by atoms with Crippen LogP contribution in [0.4, 0.5) is 5.82 Å². The van der Waals surface area contributed by atoms with Gasteiger partial charge in [0.25, 0.3) is 0 Å². The molecule has 0 spiro atoms. The van der Waals surface area contributed by atoms with Crippen LogP contribution in [0.15, 0.2) is 33.8 Å². The van der Waals surface area contributed by atoms with Crippen LogP contribution in [0.25, 0.3) is 17.3 Å². The van der Waals surface area contributed by atoms with Crippen molar-refractivity contribution >= 4 is 56.4 Å². The maximum Gasteiger partial charge on any atom is 0.306 e. The number of carbonyl (C=O) groups is 1. The maximum atomic E-state index is 11.3. The molecule has 0 radical (unpaired) electrons. The Bertz CT molecular complexity index is 1260. The number of thiophene rings is 1. The summed E-state index contributed by atoms with van der Waals surface area (Å²) in [6, 6.07) is 2.17. The van der Waals surface area contributed by atoms with E-state index in [1.807, 2.05) is 6.20 Å². The Morgan fingerprint density at radius 2 is 2.12 bits per heavy atom. The van der Waals surface area contributed by atoms with Gasteiger partial charge >= 0.3 is 5.97 Å². The number of nitrogens with two attached hydrogens (primary N) is 1. The summed E-state index contributed by atoms with van der Waals surface area (Å²) < 4.78 is 2.45. The minimum Gasteiger partial charge on any atom is -0.481 e. The lowest BCUT2D eigenvalue weighted by Gasteiger charge is -2.26. The van der Waals surface area contributed by atoms with Crippen molar-refractivity contribution in [2.45, 2.75) is 51.4 Å². The molecule has 166 valence electrons. The number of rotatable bonds is 6. The monoisotopic (exact) mass is 512 g/mol. The van der Waals surface area contributed by atoms with Gasteiger partial charge in [-0.25, -0.2) is 4.98 Å². The first-order chi connectivity index (χ1) is 15.4. The highest BCUT2D eigenvalue weighted by atomic mass is 79.9. The van der Waals surface area contributed by atoms with Gasteiger partial charge in [0.2, 0.25) is 0 Å². The third-order valence-corrected chi connectivity index (χ3v) is 8.32. The highest BCUT2D eigenvalue weighted by Crippen LogP contribution is 2.40. The van der Waals surface area contributed by atoms with Gasteiger partial charge in [-0.1, -0.05) is 17.7 Å². The molecule has 0 saturated heterocycles. The van der Waals surface area contributed by atoms with Gasteiger partial charge in [0, 0.05) is 22.8 Å². The molecule has 5 rings (SSSR count). The Balaban J connectivity index is 1.49. The number of nitrogen functional groups attached to an aromatic ring is 1. The summed E-state index contributed by atoms with van der Waals surface area (Å²) in [6.45, 7) is 2.09. The molecule has 0 bridgehead atoms. The number of aliphatic carboxylic acids is 1. The van der Waals surface area contributed by atoms with Crippen LogP contribution in [-0.4, -0.2) is 25.7 Å². The molecule has 6 nitrogen and oxygen atoms in total. The first kappa shape index (κ1) is 21.4. The molecule has 2 aliphatic carbocycles. The summed E-state index contributed by atoms with van der Waals surface area (Å²) in [4.78, 5) is 17.7. The van der Waals surface area contributed by atoms with Gasteiger partial charge in [-0.05, 0) is 77.5 Å². The van der Waals surface area contributed by atoms with E-state index in [1.54, 1.807) is 15.9 Å². The van der Waals surface area contributed by atoms with E-state index < -0.39 is 5.97 Å². The normalized spacial score (nSPS) is 21.1. The van der Waals surface area contributed by atoms with E-state index in [-0.39, 0.29) is 11.8 Å². The smallest absolute Gasteiger partial charge is 0.306 e. The zero-order valence-electron chi connectivity index (χ0n) is 17.8. The Hall–Kier alpha value is -2.45. The quantitative estimate of drug-likeness (QED) is 0.399.